The van der Waals surface area contributed by atoms with Crippen molar-refractivity contribution >= 4 is 31.4 Å². The van der Waals surface area contributed by atoms with Crippen molar-refractivity contribution in [1.82, 2.24) is 0 Å². The van der Waals surface area contributed by atoms with Crippen LogP contribution < -0.4 is 9.44 Å². The Hall–Kier alpha value is -3.93. The lowest BCUT2D eigenvalue weighted by Crippen LogP contribution is -2.18. The van der Waals surface area contributed by atoms with Crippen LogP contribution in [0.15, 0.2) is 76.5 Å². The second-order valence-electron chi connectivity index (χ2n) is 6.17. The van der Waals surface area contributed by atoms with Crippen LogP contribution in [-0.2, 0) is 20.0 Å². The molecule has 0 saturated heterocycles. The fourth-order valence-electron chi connectivity index (χ4n) is 2.51. The summed E-state index contributed by atoms with van der Waals surface area (Å²) in [6, 6.07) is 16.6. The van der Waals surface area contributed by atoms with Crippen LogP contribution in [0.2, 0.25) is 0 Å². The first kappa shape index (κ1) is 21.8. The molecule has 0 aliphatic heterocycles. The van der Waals surface area contributed by atoms with Gasteiger partial charge in [0.1, 0.15) is 5.82 Å². The van der Waals surface area contributed by atoms with Gasteiger partial charge in [-0.1, -0.05) is 0 Å². The molecular weight excluding hydrogens is 443 g/mol. The monoisotopic (exact) mass is 456 g/mol. The van der Waals surface area contributed by atoms with E-state index in [2.05, 4.69) is 9.44 Å². The highest BCUT2D eigenvalue weighted by Gasteiger charge is 2.20. The summed E-state index contributed by atoms with van der Waals surface area (Å²) in [6.45, 7) is 0. The number of halogens is 1. The van der Waals surface area contributed by atoms with Crippen LogP contribution in [0.25, 0.3) is 0 Å². The molecule has 0 heterocycles. The molecule has 0 bridgehead atoms. The average Bonchev–Trinajstić information content (AvgIpc) is 2.75. The number of anilines is 2. The summed E-state index contributed by atoms with van der Waals surface area (Å²) in [6.07, 6.45) is 0. The molecule has 0 atom stereocenters. The number of nitriles is 2. The van der Waals surface area contributed by atoms with E-state index < -0.39 is 25.9 Å². The number of benzene rings is 3. The van der Waals surface area contributed by atoms with Crippen molar-refractivity contribution in [3.05, 3.63) is 83.7 Å². The van der Waals surface area contributed by atoms with Gasteiger partial charge in [0.05, 0.1) is 44.4 Å². The highest BCUT2D eigenvalue weighted by molar-refractivity contribution is 7.93. The van der Waals surface area contributed by atoms with E-state index >= 15 is 0 Å². The predicted molar refractivity (Wildman–Crippen MR) is 110 cm³/mol. The third kappa shape index (κ3) is 4.98. The Bertz CT molecular complexity index is 1420. The highest BCUT2D eigenvalue weighted by atomic mass is 32.2. The largest absolute Gasteiger partial charge is 0.277 e. The van der Waals surface area contributed by atoms with Crippen molar-refractivity contribution in [3.8, 4) is 12.1 Å². The van der Waals surface area contributed by atoms with Gasteiger partial charge >= 0.3 is 0 Å². The molecule has 11 heteroatoms. The van der Waals surface area contributed by atoms with Crippen molar-refractivity contribution in [3.63, 3.8) is 0 Å². The first-order valence-electron chi connectivity index (χ1n) is 8.50. The minimum Gasteiger partial charge on any atom is -0.277 e. The minimum atomic E-state index is -4.20. The molecule has 3 rings (SSSR count). The lowest BCUT2D eigenvalue weighted by molar-refractivity contribution is 0.598. The molecule has 0 radical (unpaired) electrons. The molecule has 0 unspecified atom stereocenters. The van der Waals surface area contributed by atoms with Crippen LogP contribution in [0.3, 0.4) is 0 Å². The van der Waals surface area contributed by atoms with Crippen LogP contribution in [0.5, 0.6) is 0 Å². The van der Waals surface area contributed by atoms with Crippen LogP contribution in [0, 0.1) is 28.5 Å². The second-order valence-corrected chi connectivity index (χ2v) is 9.54. The topological polar surface area (TPSA) is 140 Å². The minimum absolute atomic E-state index is 0.170. The number of hydrogen-bond acceptors (Lipinski definition) is 6. The maximum Gasteiger partial charge on any atom is 0.261 e. The number of rotatable bonds is 6. The van der Waals surface area contributed by atoms with E-state index in [1.165, 1.54) is 48.5 Å². The molecule has 2 N–H and O–H groups in total. The van der Waals surface area contributed by atoms with Gasteiger partial charge in [-0.05, 0) is 60.7 Å². The van der Waals surface area contributed by atoms with Crippen LogP contribution in [-0.4, -0.2) is 16.8 Å². The smallest absolute Gasteiger partial charge is 0.261 e. The highest BCUT2D eigenvalue weighted by Crippen LogP contribution is 2.28. The number of nitrogens with zero attached hydrogens (tertiary/aromatic N) is 2. The van der Waals surface area contributed by atoms with Gasteiger partial charge in [0.2, 0.25) is 0 Å². The van der Waals surface area contributed by atoms with Crippen molar-refractivity contribution < 1.29 is 21.2 Å². The summed E-state index contributed by atoms with van der Waals surface area (Å²) in [7, 11) is -8.36. The molecule has 3 aromatic rings. The molecule has 0 aliphatic rings. The molecule has 31 heavy (non-hydrogen) atoms. The van der Waals surface area contributed by atoms with E-state index in [-0.39, 0.29) is 32.3 Å². The van der Waals surface area contributed by atoms with E-state index in [0.717, 1.165) is 18.2 Å². The fraction of sp³-hybridized carbons (Fsp3) is 0. The first-order chi connectivity index (χ1) is 14.6. The van der Waals surface area contributed by atoms with Gasteiger partial charge in [0.25, 0.3) is 20.0 Å². The Kier molecular flexibility index (Phi) is 5.92. The van der Waals surface area contributed by atoms with E-state index in [9.17, 15) is 21.2 Å². The summed E-state index contributed by atoms with van der Waals surface area (Å²) < 4.78 is 68.7. The quantitative estimate of drug-likeness (QED) is 0.584. The Morgan fingerprint density at radius 2 is 1.06 bits per heavy atom. The van der Waals surface area contributed by atoms with Gasteiger partial charge in [0.15, 0.2) is 0 Å². The molecule has 156 valence electrons. The zero-order chi connectivity index (χ0) is 22.6. The van der Waals surface area contributed by atoms with E-state index in [0.29, 0.717) is 0 Å². The molecule has 8 nitrogen and oxygen atoms in total. The average molecular weight is 456 g/mol. The molecule has 0 aromatic heterocycles. The third-order valence-corrected chi connectivity index (χ3v) is 6.82. The van der Waals surface area contributed by atoms with Gasteiger partial charge in [-0.3, -0.25) is 9.44 Å². The van der Waals surface area contributed by atoms with Crippen molar-refractivity contribution in [2.45, 2.75) is 9.79 Å². The molecule has 0 spiro atoms. The van der Waals surface area contributed by atoms with Crippen molar-refractivity contribution in [2.75, 3.05) is 9.44 Å². The normalized spacial score (nSPS) is 11.2. The molecule has 0 amide bonds. The van der Waals surface area contributed by atoms with Crippen molar-refractivity contribution in [2.24, 2.45) is 0 Å². The first-order valence-corrected chi connectivity index (χ1v) is 11.5. The Labute approximate surface area is 178 Å². The maximum absolute atomic E-state index is 13.8. The zero-order valence-electron chi connectivity index (χ0n) is 15.6. The molecular formula is C20H13FN4O4S2. The standard InChI is InChI=1S/C20H13FN4O4S2/c21-16-5-10-19(24-30(26,27)17-6-1-14(12-22)2-7-17)20(11-16)25-31(28,29)18-8-3-15(13-23)4-9-18/h1-11,24-25H. The summed E-state index contributed by atoms with van der Waals surface area (Å²) in [4.78, 5) is -0.367. The summed E-state index contributed by atoms with van der Waals surface area (Å²) in [5.41, 5.74) is -0.0262. The Balaban J connectivity index is 1.95. The summed E-state index contributed by atoms with van der Waals surface area (Å²) in [5, 5.41) is 17.7. The molecule has 3 aromatic carbocycles. The van der Waals surface area contributed by atoms with Crippen LogP contribution >= 0.6 is 0 Å². The third-order valence-electron chi connectivity index (χ3n) is 4.06. The number of hydrogen-bond donors (Lipinski definition) is 2. The SMILES string of the molecule is N#Cc1ccc(S(=O)(=O)Nc2ccc(F)cc2NS(=O)(=O)c2ccc(C#N)cc2)cc1. The second kappa shape index (κ2) is 8.44. The van der Waals surface area contributed by atoms with Gasteiger partial charge < -0.3 is 0 Å². The van der Waals surface area contributed by atoms with Crippen LogP contribution in [0.1, 0.15) is 11.1 Å². The van der Waals surface area contributed by atoms with E-state index in [1.807, 2.05) is 12.1 Å². The van der Waals surface area contributed by atoms with Gasteiger partial charge in [-0.2, -0.15) is 10.5 Å². The fourth-order valence-corrected chi connectivity index (χ4v) is 4.66. The summed E-state index contributed by atoms with van der Waals surface area (Å²) in [5.74, 6) is -0.793. The van der Waals surface area contributed by atoms with Gasteiger partial charge in [0, 0.05) is 6.07 Å². The molecule has 0 fully saturated rings. The number of nitrogens with one attached hydrogen (secondary N) is 2. The van der Waals surface area contributed by atoms with Crippen LogP contribution in [0.4, 0.5) is 15.8 Å². The Morgan fingerprint density at radius 3 is 1.48 bits per heavy atom. The lowest BCUT2D eigenvalue weighted by Gasteiger charge is -2.15. The maximum atomic E-state index is 13.8. The van der Waals surface area contributed by atoms with E-state index in [1.54, 1.807) is 0 Å². The van der Waals surface area contributed by atoms with E-state index in [4.69, 9.17) is 10.5 Å². The molecule has 0 saturated carbocycles. The van der Waals surface area contributed by atoms with Gasteiger partial charge in [-0.15, -0.1) is 0 Å². The zero-order valence-corrected chi connectivity index (χ0v) is 17.2. The Morgan fingerprint density at radius 1 is 0.645 bits per heavy atom. The van der Waals surface area contributed by atoms with Gasteiger partial charge in [-0.25, -0.2) is 21.2 Å². The number of sulfonamides is 2. The van der Waals surface area contributed by atoms with Crippen molar-refractivity contribution in [1.29, 1.82) is 10.5 Å². The predicted octanol–water partition coefficient (Wildman–Crippen LogP) is 3.17. The molecule has 0 aliphatic carbocycles. The summed E-state index contributed by atoms with van der Waals surface area (Å²) >= 11 is 0. The lowest BCUT2D eigenvalue weighted by atomic mass is 10.2.